The van der Waals surface area contributed by atoms with Gasteiger partial charge in [-0.3, -0.25) is 9.59 Å². The summed E-state index contributed by atoms with van der Waals surface area (Å²) in [7, 11) is -2.31. The largest absolute Gasteiger partial charge is 0.316 e. The van der Waals surface area contributed by atoms with Crippen molar-refractivity contribution in [2.24, 2.45) is 0 Å². The van der Waals surface area contributed by atoms with Gasteiger partial charge >= 0.3 is 11.1 Å². The molecule has 0 saturated heterocycles. The van der Waals surface area contributed by atoms with Crippen LogP contribution in [0.1, 0.15) is 5.56 Å². The number of halogens is 1. The van der Waals surface area contributed by atoms with Gasteiger partial charge in [-0.05, 0) is 35.9 Å². The minimum atomic E-state index is -3.78. The first-order valence-corrected chi connectivity index (χ1v) is 9.06. The maximum absolute atomic E-state index is 12.7. The highest BCUT2D eigenvalue weighted by Gasteiger charge is 2.21. The number of H-pyrrole nitrogens is 2. The number of hydrogen-bond acceptors (Lipinski definition) is 4. The fraction of sp³-hybridized carbons (Fsp3) is 0.125. The normalized spacial score (nSPS) is 12.0. The van der Waals surface area contributed by atoms with E-state index in [4.69, 9.17) is 11.6 Å². The van der Waals surface area contributed by atoms with E-state index in [-0.39, 0.29) is 17.0 Å². The lowest BCUT2D eigenvalue weighted by Gasteiger charge is -2.17. The molecule has 130 valence electrons. The Balaban J connectivity index is 1.97. The molecule has 0 fully saturated rings. The molecule has 3 rings (SSSR count). The lowest BCUT2D eigenvalue weighted by molar-refractivity contribution is 0.467. The third-order valence-corrected chi connectivity index (χ3v) is 5.77. The van der Waals surface area contributed by atoms with Gasteiger partial charge in [-0.15, -0.1) is 0 Å². The van der Waals surface area contributed by atoms with Gasteiger partial charge in [0.1, 0.15) is 0 Å². The predicted molar refractivity (Wildman–Crippen MR) is 95.3 cm³/mol. The average molecular weight is 380 g/mol. The smallest absolute Gasteiger partial charge is 0.314 e. The Bertz CT molecular complexity index is 1150. The van der Waals surface area contributed by atoms with Crippen LogP contribution in [0.2, 0.25) is 5.02 Å². The van der Waals surface area contributed by atoms with Crippen LogP contribution in [-0.4, -0.2) is 29.7 Å². The van der Waals surface area contributed by atoms with Crippen LogP contribution in [0.4, 0.5) is 0 Å². The SMILES string of the molecule is CN(Cc1ccc(Cl)cc1)S(=O)(=O)c1ccc2[nH]c(=O)c(=O)[nH]c2c1. The van der Waals surface area contributed by atoms with Crippen LogP contribution < -0.4 is 11.1 Å². The van der Waals surface area contributed by atoms with E-state index in [0.717, 1.165) is 5.56 Å². The maximum Gasteiger partial charge on any atom is 0.314 e. The zero-order chi connectivity index (χ0) is 18.2. The topological polar surface area (TPSA) is 103 Å². The fourth-order valence-corrected chi connectivity index (χ4v) is 3.68. The zero-order valence-electron chi connectivity index (χ0n) is 13.1. The highest BCUT2D eigenvalue weighted by Crippen LogP contribution is 2.20. The predicted octanol–water partition coefficient (Wildman–Crippen LogP) is 1.69. The van der Waals surface area contributed by atoms with Gasteiger partial charge in [0, 0.05) is 18.6 Å². The summed E-state index contributed by atoms with van der Waals surface area (Å²) in [6.45, 7) is 0.166. The first-order valence-electron chi connectivity index (χ1n) is 7.24. The van der Waals surface area contributed by atoms with E-state index in [2.05, 4.69) is 9.97 Å². The lowest BCUT2D eigenvalue weighted by atomic mass is 10.2. The van der Waals surface area contributed by atoms with Crippen molar-refractivity contribution < 1.29 is 8.42 Å². The molecule has 3 aromatic rings. The van der Waals surface area contributed by atoms with Gasteiger partial charge in [0.25, 0.3) is 0 Å². The number of aromatic amines is 2. The molecule has 1 heterocycles. The first kappa shape index (κ1) is 17.4. The van der Waals surface area contributed by atoms with E-state index >= 15 is 0 Å². The minimum Gasteiger partial charge on any atom is -0.316 e. The van der Waals surface area contributed by atoms with Crippen LogP contribution in [0.5, 0.6) is 0 Å². The summed E-state index contributed by atoms with van der Waals surface area (Å²) in [4.78, 5) is 27.5. The molecule has 0 aliphatic carbocycles. The third-order valence-electron chi connectivity index (χ3n) is 3.72. The van der Waals surface area contributed by atoms with Gasteiger partial charge in [0.2, 0.25) is 10.0 Å². The Morgan fingerprint density at radius 3 is 2.20 bits per heavy atom. The maximum atomic E-state index is 12.7. The number of nitrogens with zero attached hydrogens (tertiary/aromatic N) is 1. The molecule has 0 aliphatic heterocycles. The molecular formula is C16H14ClN3O4S. The molecule has 9 heteroatoms. The Hall–Kier alpha value is -2.42. The highest BCUT2D eigenvalue weighted by molar-refractivity contribution is 7.89. The second kappa shape index (κ2) is 6.47. The molecule has 0 amide bonds. The van der Waals surface area contributed by atoms with Crippen LogP contribution in [0, 0.1) is 0 Å². The number of rotatable bonds is 4. The van der Waals surface area contributed by atoms with Gasteiger partial charge in [0.15, 0.2) is 0 Å². The summed E-state index contributed by atoms with van der Waals surface area (Å²) < 4.78 is 26.7. The summed E-state index contributed by atoms with van der Waals surface area (Å²) in [6.07, 6.45) is 0. The second-order valence-corrected chi connectivity index (χ2v) is 7.98. The molecular weight excluding hydrogens is 366 g/mol. The number of aromatic nitrogens is 2. The highest BCUT2D eigenvalue weighted by atomic mass is 35.5. The molecule has 0 atom stereocenters. The molecule has 7 nitrogen and oxygen atoms in total. The van der Waals surface area contributed by atoms with Crippen molar-refractivity contribution in [2.75, 3.05) is 7.05 Å². The number of fused-ring (bicyclic) bond motifs is 1. The summed E-state index contributed by atoms with van der Waals surface area (Å²) in [5.41, 5.74) is -0.247. The van der Waals surface area contributed by atoms with Gasteiger partial charge < -0.3 is 9.97 Å². The van der Waals surface area contributed by atoms with E-state index in [1.807, 2.05) is 0 Å². The molecule has 25 heavy (non-hydrogen) atoms. The quantitative estimate of drug-likeness (QED) is 0.673. The van der Waals surface area contributed by atoms with E-state index in [1.165, 1.54) is 29.6 Å². The summed E-state index contributed by atoms with van der Waals surface area (Å²) in [5, 5.41) is 0.571. The van der Waals surface area contributed by atoms with Gasteiger partial charge in [-0.2, -0.15) is 4.31 Å². The molecule has 0 bridgehead atoms. The number of benzene rings is 2. The molecule has 2 aromatic carbocycles. The molecule has 0 spiro atoms. The Kier molecular flexibility index (Phi) is 4.51. The van der Waals surface area contributed by atoms with E-state index in [0.29, 0.717) is 10.5 Å². The molecule has 0 aliphatic rings. The second-order valence-electron chi connectivity index (χ2n) is 5.50. The molecule has 2 N–H and O–H groups in total. The van der Waals surface area contributed by atoms with Gasteiger partial charge in [0.05, 0.1) is 15.9 Å². The number of nitrogens with one attached hydrogen (secondary N) is 2. The third kappa shape index (κ3) is 3.51. The molecule has 1 aromatic heterocycles. The van der Waals surface area contributed by atoms with Gasteiger partial charge in [-0.25, -0.2) is 8.42 Å². The van der Waals surface area contributed by atoms with Crippen molar-refractivity contribution in [3.63, 3.8) is 0 Å². The molecule has 0 saturated carbocycles. The Labute approximate surface area is 147 Å². The van der Waals surface area contributed by atoms with Crippen molar-refractivity contribution >= 4 is 32.7 Å². The monoisotopic (exact) mass is 379 g/mol. The first-order chi connectivity index (χ1) is 11.8. The summed E-state index contributed by atoms with van der Waals surface area (Å²) in [6, 6.07) is 11.0. The summed E-state index contributed by atoms with van der Waals surface area (Å²) >= 11 is 5.83. The summed E-state index contributed by atoms with van der Waals surface area (Å²) in [5.74, 6) is 0. The Morgan fingerprint density at radius 2 is 1.56 bits per heavy atom. The van der Waals surface area contributed by atoms with E-state index in [9.17, 15) is 18.0 Å². The van der Waals surface area contributed by atoms with E-state index in [1.54, 1.807) is 24.3 Å². The lowest BCUT2D eigenvalue weighted by Crippen LogP contribution is -2.29. The average Bonchev–Trinajstić information content (AvgIpc) is 2.57. The molecule has 0 radical (unpaired) electrons. The van der Waals surface area contributed by atoms with Crippen molar-refractivity contribution in [1.29, 1.82) is 0 Å². The van der Waals surface area contributed by atoms with E-state index < -0.39 is 21.1 Å². The van der Waals surface area contributed by atoms with Crippen LogP contribution in [0.15, 0.2) is 56.9 Å². The van der Waals surface area contributed by atoms with Crippen molar-refractivity contribution in [3.8, 4) is 0 Å². The van der Waals surface area contributed by atoms with Crippen molar-refractivity contribution in [1.82, 2.24) is 14.3 Å². The van der Waals surface area contributed by atoms with Crippen LogP contribution >= 0.6 is 11.6 Å². The van der Waals surface area contributed by atoms with Crippen molar-refractivity contribution in [2.45, 2.75) is 11.4 Å². The fourth-order valence-electron chi connectivity index (χ4n) is 2.37. The van der Waals surface area contributed by atoms with Crippen LogP contribution in [-0.2, 0) is 16.6 Å². The number of hydrogen-bond donors (Lipinski definition) is 2. The Morgan fingerprint density at radius 1 is 0.960 bits per heavy atom. The number of sulfonamides is 1. The van der Waals surface area contributed by atoms with Crippen LogP contribution in [0.3, 0.4) is 0 Å². The zero-order valence-corrected chi connectivity index (χ0v) is 14.7. The van der Waals surface area contributed by atoms with Gasteiger partial charge in [-0.1, -0.05) is 23.7 Å². The standard InChI is InChI=1S/C16H14ClN3O4S/c1-20(9-10-2-4-11(17)5-3-10)25(23,24)12-6-7-13-14(8-12)19-16(22)15(21)18-13/h2-8H,9H2,1H3,(H,18,21)(H,19,22). The van der Waals surface area contributed by atoms with Crippen molar-refractivity contribution in [3.05, 3.63) is 73.8 Å². The van der Waals surface area contributed by atoms with Crippen LogP contribution in [0.25, 0.3) is 11.0 Å². The minimum absolute atomic E-state index is 0.0131. The molecule has 0 unspecified atom stereocenters.